The molecule has 2 aromatic rings. The molecule has 2 aromatic heterocycles. The van der Waals surface area contributed by atoms with Gasteiger partial charge in [-0.1, -0.05) is 6.92 Å². The molecule has 2 aliphatic heterocycles. The smallest absolute Gasteiger partial charge is 0.160 e. The lowest BCUT2D eigenvalue weighted by atomic mass is 9.86. The van der Waals surface area contributed by atoms with Crippen molar-refractivity contribution in [1.29, 1.82) is 0 Å². The number of fused-ring (bicyclic) bond motifs is 1. The van der Waals surface area contributed by atoms with E-state index in [1.54, 1.807) is 0 Å². The summed E-state index contributed by atoms with van der Waals surface area (Å²) < 4.78 is 2.07. The molecular formula is C18H27N5. The van der Waals surface area contributed by atoms with Gasteiger partial charge in [-0.2, -0.15) is 9.61 Å². The molecule has 0 aliphatic carbocycles. The number of aryl methyl sites for hydroxylation is 3. The second-order valence-electron chi connectivity index (χ2n) is 7.56. The predicted octanol–water partition coefficient (Wildman–Crippen LogP) is 2.44. The van der Waals surface area contributed by atoms with E-state index in [2.05, 4.69) is 48.2 Å². The van der Waals surface area contributed by atoms with Crippen LogP contribution in [0, 0.1) is 19.3 Å². The Morgan fingerprint density at radius 3 is 2.65 bits per heavy atom. The molecule has 1 unspecified atom stereocenters. The standard InChI is InChI=1S/C18H27N5/c1-5-15-10-16(23-17(19-15)13(2)14(3)20-23)22-9-7-18(12-22)6-8-21(4)11-18/h10H,5-9,11-12H2,1-4H3. The van der Waals surface area contributed by atoms with E-state index in [9.17, 15) is 0 Å². The summed E-state index contributed by atoms with van der Waals surface area (Å²) in [6.07, 6.45) is 3.59. The second-order valence-corrected chi connectivity index (χ2v) is 7.56. The van der Waals surface area contributed by atoms with Crippen LogP contribution in [0.3, 0.4) is 0 Å². The van der Waals surface area contributed by atoms with Gasteiger partial charge < -0.3 is 9.80 Å². The zero-order valence-corrected chi connectivity index (χ0v) is 14.8. The summed E-state index contributed by atoms with van der Waals surface area (Å²) in [5.41, 5.74) is 4.97. The molecule has 2 aliphatic rings. The first-order valence-electron chi connectivity index (χ1n) is 8.81. The van der Waals surface area contributed by atoms with Crippen molar-refractivity contribution in [3.8, 4) is 0 Å². The van der Waals surface area contributed by atoms with Gasteiger partial charge >= 0.3 is 0 Å². The van der Waals surface area contributed by atoms with Crippen LogP contribution in [0.15, 0.2) is 6.07 Å². The van der Waals surface area contributed by atoms with Crippen LogP contribution in [0.4, 0.5) is 5.82 Å². The molecule has 124 valence electrons. The topological polar surface area (TPSA) is 36.7 Å². The fourth-order valence-electron chi connectivity index (χ4n) is 4.29. The lowest BCUT2D eigenvalue weighted by Gasteiger charge is -2.25. The third-order valence-electron chi connectivity index (χ3n) is 5.84. The number of likely N-dealkylation sites (tertiary alicyclic amines) is 1. The molecule has 1 spiro atoms. The molecule has 4 heterocycles. The van der Waals surface area contributed by atoms with Crippen molar-refractivity contribution in [2.45, 2.75) is 40.0 Å². The number of anilines is 1. The summed E-state index contributed by atoms with van der Waals surface area (Å²) in [4.78, 5) is 9.83. The third-order valence-corrected chi connectivity index (χ3v) is 5.84. The van der Waals surface area contributed by atoms with Crippen LogP contribution in [0.2, 0.25) is 0 Å². The van der Waals surface area contributed by atoms with E-state index in [4.69, 9.17) is 10.1 Å². The molecule has 0 radical (unpaired) electrons. The molecule has 23 heavy (non-hydrogen) atoms. The minimum atomic E-state index is 0.480. The highest BCUT2D eigenvalue weighted by Gasteiger charge is 2.43. The first-order chi connectivity index (χ1) is 11.0. The predicted molar refractivity (Wildman–Crippen MR) is 93.2 cm³/mol. The average Bonchev–Trinajstić information content (AvgIpc) is 3.20. The molecule has 5 heteroatoms. The Bertz CT molecular complexity index is 749. The van der Waals surface area contributed by atoms with Gasteiger partial charge in [0.2, 0.25) is 0 Å². The maximum atomic E-state index is 4.81. The van der Waals surface area contributed by atoms with Crippen LogP contribution < -0.4 is 4.90 Å². The van der Waals surface area contributed by atoms with Crippen molar-refractivity contribution in [3.05, 3.63) is 23.0 Å². The second kappa shape index (κ2) is 5.20. The van der Waals surface area contributed by atoms with Gasteiger partial charge in [-0.15, -0.1) is 0 Å². The minimum absolute atomic E-state index is 0.480. The molecule has 2 fully saturated rings. The van der Waals surface area contributed by atoms with Gasteiger partial charge in [-0.25, -0.2) is 4.98 Å². The van der Waals surface area contributed by atoms with E-state index in [1.807, 2.05) is 0 Å². The Balaban J connectivity index is 1.75. The van der Waals surface area contributed by atoms with Crippen LogP contribution in [-0.2, 0) is 6.42 Å². The van der Waals surface area contributed by atoms with Crippen LogP contribution in [0.25, 0.3) is 5.65 Å². The molecule has 0 N–H and O–H groups in total. The fourth-order valence-corrected chi connectivity index (χ4v) is 4.29. The maximum absolute atomic E-state index is 4.81. The Morgan fingerprint density at radius 2 is 1.96 bits per heavy atom. The van der Waals surface area contributed by atoms with Gasteiger partial charge in [0.15, 0.2) is 5.65 Å². The van der Waals surface area contributed by atoms with Gasteiger partial charge in [0.25, 0.3) is 0 Å². The zero-order chi connectivity index (χ0) is 16.2. The molecule has 0 aromatic carbocycles. The lowest BCUT2D eigenvalue weighted by molar-refractivity contribution is 0.312. The highest BCUT2D eigenvalue weighted by Crippen LogP contribution is 2.40. The summed E-state index contributed by atoms with van der Waals surface area (Å²) >= 11 is 0. The van der Waals surface area contributed by atoms with E-state index < -0.39 is 0 Å². The van der Waals surface area contributed by atoms with Crippen LogP contribution in [0.5, 0.6) is 0 Å². The number of nitrogens with zero attached hydrogens (tertiary/aromatic N) is 5. The number of aromatic nitrogens is 3. The summed E-state index contributed by atoms with van der Waals surface area (Å²) in [5, 5.41) is 4.76. The molecule has 0 amide bonds. The third kappa shape index (κ3) is 2.33. The molecule has 1 atom stereocenters. The van der Waals surface area contributed by atoms with E-state index in [1.165, 1.54) is 43.0 Å². The quantitative estimate of drug-likeness (QED) is 0.853. The first kappa shape index (κ1) is 14.9. The zero-order valence-electron chi connectivity index (χ0n) is 14.8. The molecule has 2 saturated heterocycles. The SMILES string of the molecule is CCc1cc(N2CCC3(CCN(C)C3)C2)n2nc(C)c(C)c2n1. The molecule has 5 nitrogen and oxygen atoms in total. The highest BCUT2D eigenvalue weighted by atomic mass is 15.4. The largest absolute Gasteiger partial charge is 0.356 e. The van der Waals surface area contributed by atoms with E-state index in [0.29, 0.717) is 5.41 Å². The minimum Gasteiger partial charge on any atom is -0.356 e. The average molecular weight is 313 g/mol. The molecular weight excluding hydrogens is 286 g/mol. The van der Waals surface area contributed by atoms with Crippen molar-refractivity contribution in [3.63, 3.8) is 0 Å². The van der Waals surface area contributed by atoms with E-state index >= 15 is 0 Å². The van der Waals surface area contributed by atoms with Crippen LogP contribution in [0.1, 0.15) is 36.7 Å². The Kier molecular flexibility index (Phi) is 3.38. The monoisotopic (exact) mass is 313 g/mol. The van der Waals surface area contributed by atoms with Crippen molar-refractivity contribution in [1.82, 2.24) is 19.5 Å². The van der Waals surface area contributed by atoms with Crippen molar-refractivity contribution >= 4 is 11.5 Å². The lowest BCUT2D eigenvalue weighted by Crippen LogP contribution is -2.30. The Morgan fingerprint density at radius 1 is 1.17 bits per heavy atom. The van der Waals surface area contributed by atoms with Gasteiger partial charge in [-0.05, 0) is 46.7 Å². The number of hydrogen-bond donors (Lipinski definition) is 0. The van der Waals surface area contributed by atoms with E-state index in [0.717, 1.165) is 30.9 Å². The van der Waals surface area contributed by atoms with Crippen molar-refractivity contribution < 1.29 is 0 Å². The number of rotatable bonds is 2. The Labute approximate surface area is 138 Å². The van der Waals surface area contributed by atoms with Gasteiger partial charge in [0.1, 0.15) is 5.82 Å². The summed E-state index contributed by atoms with van der Waals surface area (Å²) in [5.74, 6) is 1.23. The fraction of sp³-hybridized carbons (Fsp3) is 0.667. The van der Waals surface area contributed by atoms with Gasteiger partial charge in [0, 0.05) is 42.4 Å². The Hall–Kier alpha value is -1.62. The van der Waals surface area contributed by atoms with Crippen molar-refractivity contribution in [2.24, 2.45) is 5.41 Å². The molecule has 4 rings (SSSR count). The van der Waals surface area contributed by atoms with Gasteiger partial charge in [0.05, 0.1) is 5.69 Å². The summed E-state index contributed by atoms with van der Waals surface area (Å²) in [7, 11) is 2.25. The summed E-state index contributed by atoms with van der Waals surface area (Å²) in [6, 6.07) is 2.25. The van der Waals surface area contributed by atoms with Crippen molar-refractivity contribution in [2.75, 3.05) is 38.1 Å². The van der Waals surface area contributed by atoms with E-state index in [-0.39, 0.29) is 0 Å². The van der Waals surface area contributed by atoms with Crippen LogP contribution >= 0.6 is 0 Å². The first-order valence-corrected chi connectivity index (χ1v) is 8.81. The van der Waals surface area contributed by atoms with Gasteiger partial charge in [-0.3, -0.25) is 0 Å². The maximum Gasteiger partial charge on any atom is 0.160 e. The van der Waals surface area contributed by atoms with Crippen LogP contribution in [-0.4, -0.2) is 52.7 Å². The number of hydrogen-bond acceptors (Lipinski definition) is 4. The molecule has 0 bridgehead atoms. The highest BCUT2D eigenvalue weighted by molar-refractivity contribution is 5.57. The summed E-state index contributed by atoms with van der Waals surface area (Å²) in [6.45, 7) is 11.1. The normalized spacial score (nSPS) is 25.3. The molecule has 0 saturated carbocycles.